The number of piperidine rings is 1. The Labute approximate surface area is 161 Å². The van der Waals surface area contributed by atoms with Crippen molar-refractivity contribution in [3.05, 3.63) is 23.8 Å². The van der Waals surface area contributed by atoms with Crippen LogP contribution in [0.15, 0.2) is 23.1 Å². The lowest BCUT2D eigenvalue weighted by Crippen LogP contribution is -2.38. The van der Waals surface area contributed by atoms with Gasteiger partial charge in [0.05, 0.1) is 23.7 Å². The van der Waals surface area contributed by atoms with E-state index in [0.29, 0.717) is 31.4 Å². The van der Waals surface area contributed by atoms with Gasteiger partial charge in [-0.3, -0.25) is 4.79 Å². The van der Waals surface area contributed by atoms with Gasteiger partial charge in [-0.25, -0.2) is 13.1 Å². The number of nitrogens with zero attached hydrogens (tertiary/aromatic N) is 1. The number of carbonyl (C=O) groups excluding carboxylic acids is 1. The van der Waals surface area contributed by atoms with Gasteiger partial charge in [-0.05, 0) is 49.8 Å². The Morgan fingerprint density at radius 2 is 2.04 bits per heavy atom. The molecule has 0 bridgehead atoms. The molecule has 0 saturated carbocycles. The molecule has 1 N–H and O–H groups in total. The quantitative estimate of drug-likeness (QED) is 0.795. The lowest BCUT2D eigenvalue weighted by Gasteiger charge is -2.30. The highest BCUT2D eigenvalue weighted by atomic mass is 32.2. The van der Waals surface area contributed by atoms with Crippen molar-refractivity contribution in [1.29, 1.82) is 0 Å². The van der Waals surface area contributed by atoms with Crippen molar-refractivity contribution in [2.45, 2.75) is 43.6 Å². The van der Waals surface area contributed by atoms with Crippen LogP contribution in [-0.2, 0) is 14.8 Å². The molecule has 1 aromatic carbocycles. The standard InChI is InChI=1S/C19H28N2O5S/c1-14-7-9-21(10-8-14)19(22)17-12-16(5-6-18(17)25-2)27(23,24)20-13-15-4-3-11-26-15/h5-6,12,14-15,20H,3-4,7-11,13H2,1-2H3/t15-/m0/s1. The minimum Gasteiger partial charge on any atom is -0.496 e. The summed E-state index contributed by atoms with van der Waals surface area (Å²) in [5.74, 6) is 0.802. The second-order valence-corrected chi connectivity index (χ2v) is 9.09. The topological polar surface area (TPSA) is 84.9 Å². The van der Waals surface area contributed by atoms with Crippen LogP contribution in [-0.4, -0.2) is 58.7 Å². The van der Waals surface area contributed by atoms with Crippen molar-refractivity contribution >= 4 is 15.9 Å². The average molecular weight is 397 g/mol. The first-order chi connectivity index (χ1) is 12.9. The molecular formula is C19H28N2O5S. The van der Waals surface area contributed by atoms with Gasteiger partial charge < -0.3 is 14.4 Å². The predicted octanol–water partition coefficient (Wildman–Crippen LogP) is 2.02. The minimum absolute atomic E-state index is 0.0648. The molecule has 2 fully saturated rings. The maximum Gasteiger partial charge on any atom is 0.257 e. The van der Waals surface area contributed by atoms with E-state index in [9.17, 15) is 13.2 Å². The summed E-state index contributed by atoms with van der Waals surface area (Å²) in [5, 5.41) is 0. The summed E-state index contributed by atoms with van der Waals surface area (Å²) in [6.07, 6.45) is 3.61. The lowest BCUT2D eigenvalue weighted by molar-refractivity contribution is 0.0693. The number of likely N-dealkylation sites (tertiary alicyclic amines) is 1. The zero-order valence-corrected chi connectivity index (χ0v) is 16.8. The first-order valence-corrected chi connectivity index (χ1v) is 11.0. The summed E-state index contributed by atoms with van der Waals surface area (Å²) in [6.45, 7) is 4.44. The molecular weight excluding hydrogens is 368 g/mol. The van der Waals surface area contributed by atoms with Crippen molar-refractivity contribution < 1.29 is 22.7 Å². The number of ether oxygens (including phenoxy) is 2. The maximum atomic E-state index is 12.9. The molecule has 0 radical (unpaired) electrons. The van der Waals surface area contributed by atoms with Gasteiger partial charge in [0.2, 0.25) is 10.0 Å². The number of sulfonamides is 1. The van der Waals surface area contributed by atoms with Gasteiger partial charge in [-0.1, -0.05) is 6.92 Å². The third kappa shape index (κ3) is 4.80. The van der Waals surface area contributed by atoms with Gasteiger partial charge in [-0.15, -0.1) is 0 Å². The predicted molar refractivity (Wildman–Crippen MR) is 101 cm³/mol. The fourth-order valence-electron chi connectivity index (χ4n) is 3.49. The van der Waals surface area contributed by atoms with E-state index in [0.717, 1.165) is 25.7 Å². The monoisotopic (exact) mass is 396 g/mol. The highest BCUT2D eigenvalue weighted by Crippen LogP contribution is 2.26. The van der Waals surface area contributed by atoms with Crippen LogP contribution in [0.5, 0.6) is 5.75 Å². The summed E-state index contributed by atoms with van der Waals surface area (Å²) < 4.78 is 38.7. The van der Waals surface area contributed by atoms with Crippen LogP contribution in [0, 0.1) is 5.92 Å². The van der Waals surface area contributed by atoms with E-state index in [1.54, 1.807) is 11.0 Å². The second-order valence-electron chi connectivity index (χ2n) is 7.32. The summed E-state index contributed by atoms with van der Waals surface area (Å²) in [6, 6.07) is 4.42. The number of benzene rings is 1. The Hall–Kier alpha value is -1.64. The van der Waals surface area contributed by atoms with Crippen LogP contribution >= 0.6 is 0 Å². The van der Waals surface area contributed by atoms with Crippen LogP contribution in [0.2, 0.25) is 0 Å². The van der Waals surface area contributed by atoms with Gasteiger partial charge in [0.1, 0.15) is 5.75 Å². The number of hydrogen-bond donors (Lipinski definition) is 1. The summed E-state index contributed by atoms with van der Waals surface area (Å²) in [7, 11) is -2.24. The number of methoxy groups -OCH3 is 1. The van der Waals surface area contributed by atoms with Crippen LogP contribution in [0.25, 0.3) is 0 Å². The van der Waals surface area contributed by atoms with Gasteiger partial charge in [0.25, 0.3) is 5.91 Å². The molecule has 0 spiro atoms. The van der Waals surface area contributed by atoms with Crippen molar-refractivity contribution in [3.8, 4) is 5.75 Å². The van der Waals surface area contributed by atoms with E-state index in [2.05, 4.69) is 11.6 Å². The molecule has 1 aromatic rings. The zero-order valence-electron chi connectivity index (χ0n) is 15.9. The van der Waals surface area contributed by atoms with Crippen LogP contribution in [0.3, 0.4) is 0 Å². The Morgan fingerprint density at radius 1 is 1.30 bits per heavy atom. The van der Waals surface area contributed by atoms with Crippen molar-refractivity contribution in [2.75, 3.05) is 33.4 Å². The smallest absolute Gasteiger partial charge is 0.257 e. The van der Waals surface area contributed by atoms with E-state index < -0.39 is 10.0 Å². The number of amides is 1. The number of rotatable bonds is 6. The molecule has 2 heterocycles. The third-order valence-corrected chi connectivity index (χ3v) is 6.73. The molecule has 2 aliphatic heterocycles. The van der Waals surface area contributed by atoms with Crippen LogP contribution in [0.1, 0.15) is 43.0 Å². The van der Waals surface area contributed by atoms with Gasteiger partial charge >= 0.3 is 0 Å². The van der Waals surface area contributed by atoms with Gasteiger partial charge in [-0.2, -0.15) is 0 Å². The molecule has 1 atom stereocenters. The molecule has 8 heteroatoms. The Bertz CT molecular complexity index is 766. The summed E-state index contributed by atoms with van der Waals surface area (Å²) >= 11 is 0. The summed E-state index contributed by atoms with van der Waals surface area (Å²) in [4.78, 5) is 14.8. The van der Waals surface area contributed by atoms with Crippen LogP contribution < -0.4 is 9.46 Å². The first kappa shape index (κ1) is 20.1. The van der Waals surface area contributed by atoms with Crippen LogP contribution in [0.4, 0.5) is 0 Å². The van der Waals surface area contributed by atoms with Gasteiger partial charge in [0, 0.05) is 26.2 Å². The Kier molecular flexibility index (Phi) is 6.39. The molecule has 2 aliphatic rings. The minimum atomic E-state index is -3.72. The molecule has 0 aliphatic carbocycles. The molecule has 2 saturated heterocycles. The Balaban J connectivity index is 1.78. The molecule has 0 aromatic heterocycles. The van der Waals surface area contributed by atoms with E-state index >= 15 is 0 Å². The SMILES string of the molecule is COc1ccc(S(=O)(=O)NC[C@@H]2CCCO2)cc1C(=O)N1CCC(C)CC1. The Morgan fingerprint density at radius 3 is 2.67 bits per heavy atom. The van der Waals surface area contributed by atoms with E-state index in [1.165, 1.54) is 19.2 Å². The van der Waals surface area contributed by atoms with Crippen molar-refractivity contribution in [2.24, 2.45) is 5.92 Å². The lowest BCUT2D eigenvalue weighted by atomic mass is 9.98. The number of nitrogens with one attached hydrogen (secondary N) is 1. The molecule has 27 heavy (non-hydrogen) atoms. The maximum absolute atomic E-state index is 12.9. The molecule has 1 amide bonds. The molecule has 3 rings (SSSR count). The van der Waals surface area contributed by atoms with E-state index in [4.69, 9.17) is 9.47 Å². The molecule has 0 unspecified atom stereocenters. The molecule has 7 nitrogen and oxygen atoms in total. The zero-order chi connectivity index (χ0) is 19.4. The van der Waals surface area contributed by atoms with Crippen molar-refractivity contribution in [3.63, 3.8) is 0 Å². The average Bonchev–Trinajstić information content (AvgIpc) is 3.20. The number of hydrogen-bond acceptors (Lipinski definition) is 5. The molecule has 150 valence electrons. The highest BCUT2D eigenvalue weighted by Gasteiger charge is 2.26. The normalized spacial score (nSPS) is 21.4. The third-order valence-electron chi connectivity index (χ3n) is 5.31. The first-order valence-electron chi connectivity index (χ1n) is 9.49. The number of carbonyl (C=O) groups is 1. The van der Waals surface area contributed by atoms with E-state index in [-0.39, 0.29) is 29.0 Å². The fraction of sp³-hybridized carbons (Fsp3) is 0.632. The highest BCUT2D eigenvalue weighted by molar-refractivity contribution is 7.89. The summed E-state index contributed by atoms with van der Waals surface area (Å²) in [5.41, 5.74) is 0.284. The van der Waals surface area contributed by atoms with Gasteiger partial charge in [0.15, 0.2) is 0 Å². The van der Waals surface area contributed by atoms with Crippen molar-refractivity contribution in [1.82, 2.24) is 9.62 Å². The largest absolute Gasteiger partial charge is 0.496 e. The fourth-order valence-corrected chi connectivity index (χ4v) is 4.59. The second kappa shape index (κ2) is 8.58. The van der Waals surface area contributed by atoms with E-state index in [1.807, 2.05) is 0 Å².